The molecule has 1 aliphatic carbocycles. The molecule has 2 aliphatic rings. The van der Waals surface area contributed by atoms with E-state index in [1.54, 1.807) is 12.1 Å². The van der Waals surface area contributed by atoms with Gasteiger partial charge in [-0.05, 0) is 43.5 Å². The van der Waals surface area contributed by atoms with Crippen molar-refractivity contribution >= 4 is 35.6 Å². The summed E-state index contributed by atoms with van der Waals surface area (Å²) < 4.78 is 26.9. The molecule has 3 rings (SSSR count). The van der Waals surface area contributed by atoms with Gasteiger partial charge in [0.2, 0.25) is 0 Å². The molecule has 0 unspecified atom stereocenters. The van der Waals surface area contributed by atoms with Gasteiger partial charge in [-0.15, -0.1) is 24.0 Å². The lowest BCUT2D eigenvalue weighted by molar-refractivity contribution is 0.0568. The van der Waals surface area contributed by atoms with Gasteiger partial charge in [0.15, 0.2) is 5.96 Å². The van der Waals surface area contributed by atoms with Gasteiger partial charge in [-0.1, -0.05) is 0 Å². The molecule has 0 radical (unpaired) electrons. The molecule has 0 bridgehead atoms. The molecule has 1 saturated heterocycles. The van der Waals surface area contributed by atoms with Gasteiger partial charge in [0.05, 0.1) is 0 Å². The Morgan fingerprint density at radius 3 is 2.29 bits per heavy atom. The molecule has 0 atom stereocenters. The average Bonchev–Trinajstić information content (AvgIpc) is 2.54. The molecule has 1 aliphatic heterocycles. The fourth-order valence-corrected chi connectivity index (χ4v) is 3.13. The van der Waals surface area contributed by atoms with Crippen molar-refractivity contribution in [3.63, 3.8) is 0 Å². The highest BCUT2D eigenvalue weighted by Gasteiger charge is 2.36. The summed E-state index contributed by atoms with van der Waals surface area (Å²) in [6.07, 6.45) is 2.79. The van der Waals surface area contributed by atoms with Crippen LogP contribution in [0.3, 0.4) is 0 Å². The van der Waals surface area contributed by atoms with Crippen molar-refractivity contribution in [2.45, 2.75) is 31.4 Å². The highest BCUT2D eigenvalue weighted by Crippen LogP contribution is 2.38. The van der Waals surface area contributed by atoms with Gasteiger partial charge >= 0.3 is 0 Å². The molecule has 2 N–H and O–H groups in total. The highest BCUT2D eigenvalue weighted by atomic mass is 127. The zero-order valence-electron chi connectivity index (χ0n) is 13.8. The lowest BCUT2D eigenvalue weighted by atomic mass is 9.80. The fraction of sp³-hybridized carbons (Fsp3) is 0.588. The number of guanidine groups is 1. The SMILES string of the molecule is I.NC(=NCCC1(F)CCC1)N1CCN(c2ccc(F)cc2)CC1. The average molecular weight is 450 g/mol. The summed E-state index contributed by atoms with van der Waals surface area (Å²) >= 11 is 0. The first-order valence-electron chi connectivity index (χ1n) is 8.30. The molecule has 0 spiro atoms. The number of aliphatic imine (C=N–C) groups is 1. The Bertz CT molecular complexity index is 552. The van der Waals surface area contributed by atoms with Crippen LogP contribution in [-0.4, -0.2) is 49.3 Å². The van der Waals surface area contributed by atoms with Gasteiger partial charge in [0.25, 0.3) is 0 Å². The summed E-state index contributed by atoms with van der Waals surface area (Å²) in [6, 6.07) is 6.54. The van der Waals surface area contributed by atoms with E-state index in [0.29, 0.717) is 31.8 Å². The molecule has 0 aromatic heterocycles. The monoisotopic (exact) mass is 450 g/mol. The molecule has 1 aromatic rings. The van der Waals surface area contributed by atoms with Crippen LogP contribution in [-0.2, 0) is 0 Å². The number of piperazine rings is 1. The van der Waals surface area contributed by atoms with Crippen LogP contribution in [0.2, 0.25) is 0 Å². The molecule has 1 heterocycles. The molecule has 0 amide bonds. The van der Waals surface area contributed by atoms with Gasteiger partial charge in [-0.25, -0.2) is 8.78 Å². The van der Waals surface area contributed by atoms with E-state index in [4.69, 9.17) is 5.73 Å². The Balaban J connectivity index is 0.00000208. The molecule has 1 saturated carbocycles. The highest BCUT2D eigenvalue weighted by molar-refractivity contribution is 14.0. The third-order valence-electron chi connectivity index (χ3n) is 4.88. The predicted octanol–water partition coefficient (Wildman–Crippen LogP) is 3.16. The van der Waals surface area contributed by atoms with Crippen molar-refractivity contribution < 1.29 is 8.78 Å². The molecule has 24 heavy (non-hydrogen) atoms. The van der Waals surface area contributed by atoms with Gasteiger partial charge in [-0.3, -0.25) is 4.99 Å². The normalized spacial score (nSPS) is 20.3. The minimum Gasteiger partial charge on any atom is -0.370 e. The zero-order chi connectivity index (χ0) is 16.3. The number of alkyl halides is 1. The summed E-state index contributed by atoms with van der Waals surface area (Å²) in [4.78, 5) is 8.57. The fourth-order valence-electron chi connectivity index (χ4n) is 3.13. The van der Waals surface area contributed by atoms with Crippen molar-refractivity contribution in [2.75, 3.05) is 37.6 Å². The van der Waals surface area contributed by atoms with Crippen LogP contribution in [0.15, 0.2) is 29.3 Å². The maximum Gasteiger partial charge on any atom is 0.191 e. The number of anilines is 1. The number of halogens is 3. The van der Waals surface area contributed by atoms with Crippen LogP contribution in [0.1, 0.15) is 25.7 Å². The van der Waals surface area contributed by atoms with E-state index in [0.717, 1.165) is 38.3 Å². The third kappa shape index (κ3) is 4.70. The van der Waals surface area contributed by atoms with Gasteiger partial charge in [0, 0.05) is 44.8 Å². The van der Waals surface area contributed by atoms with Crippen molar-refractivity contribution in [1.82, 2.24) is 4.90 Å². The summed E-state index contributed by atoms with van der Waals surface area (Å²) in [5, 5.41) is 0. The van der Waals surface area contributed by atoms with Gasteiger partial charge in [0.1, 0.15) is 11.5 Å². The van der Waals surface area contributed by atoms with E-state index in [9.17, 15) is 8.78 Å². The molecule has 2 fully saturated rings. The van der Waals surface area contributed by atoms with Crippen LogP contribution < -0.4 is 10.6 Å². The van der Waals surface area contributed by atoms with Crippen molar-refractivity contribution in [2.24, 2.45) is 10.7 Å². The van der Waals surface area contributed by atoms with E-state index in [1.807, 2.05) is 4.90 Å². The van der Waals surface area contributed by atoms with Crippen LogP contribution in [0, 0.1) is 5.82 Å². The van der Waals surface area contributed by atoms with Crippen LogP contribution in [0.4, 0.5) is 14.5 Å². The lowest BCUT2D eigenvalue weighted by Gasteiger charge is -2.37. The number of rotatable bonds is 4. The summed E-state index contributed by atoms with van der Waals surface area (Å²) in [6.45, 7) is 3.63. The first kappa shape index (κ1) is 19.2. The number of benzene rings is 1. The van der Waals surface area contributed by atoms with E-state index < -0.39 is 5.67 Å². The first-order chi connectivity index (χ1) is 11.1. The lowest BCUT2D eigenvalue weighted by Crippen LogP contribution is -2.51. The maximum atomic E-state index is 13.9. The van der Waals surface area contributed by atoms with E-state index >= 15 is 0 Å². The largest absolute Gasteiger partial charge is 0.370 e. The van der Waals surface area contributed by atoms with Crippen LogP contribution in [0.5, 0.6) is 0 Å². The number of hydrogen-bond donors (Lipinski definition) is 1. The third-order valence-corrected chi connectivity index (χ3v) is 4.88. The second-order valence-electron chi connectivity index (χ2n) is 6.44. The Kier molecular flexibility index (Phi) is 6.65. The Morgan fingerprint density at radius 2 is 1.75 bits per heavy atom. The van der Waals surface area contributed by atoms with E-state index in [1.165, 1.54) is 12.1 Å². The molecule has 7 heteroatoms. The Labute approximate surface area is 159 Å². The minimum absolute atomic E-state index is 0. The Hall–Kier alpha value is -1.12. The van der Waals surface area contributed by atoms with Crippen molar-refractivity contribution in [3.05, 3.63) is 30.1 Å². The quantitative estimate of drug-likeness (QED) is 0.436. The van der Waals surface area contributed by atoms with Gasteiger partial charge < -0.3 is 15.5 Å². The first-order valence-corrected chi connectivity index (χ1v) is 8.30. The maximum absolute atomic E-state index is 13.9. The molecular weight excluding hydrogens is 425 g/mol. The molecular formula is C17H25F2IN4. The smallest absolute Gasteiger partial charge is 0.191 e. The Morgan fingerprint density at radius 1 is 1.12 bits per heavy atom. The standard InChI is InChI=1S/C17H24F2N4.HI/c18-14-2-4-15(5-3-14)22-10-12-23(13-11-22)16(20)21-9-8-17(19)6-1-7-17;/h2-5H,1,6-13H2,(H2,20,21);1H. The molecule has 134 valence electrons. The summed E-state index contributed by atoms with van der Waals surface area (Å²) in [7, 11) is 0. The number of nitrogens with zero attached hydrogens (tertiary/aromatic N) is 3. The van der Waals surface area contributed by atoms with E-state index in [-0.39, 0.29) is 29.8 Å². The van der Waals surface area contributed by atoms with E-state index in [2.05, 4.69) is 9.89 Å². The van der Waals surface area contributed by atoms with Crippen LogP contribution in [0.25, 0.3) is 0 Å². The topological polar surface area (TPSA) is 44.9 Å². The van der Waals surface area contributed by atoms with Crippen molar-refractivity contribution in [3.8, 4) is 0 Å². The van der Waals surface area contributed by atoms with Gasteiger partial charge in [-0.2, -0.15) is 0 Å². The minimum atomic E-state index is -0.995. The van der Waals surface area contributed by atoms with Crippen LogP contribution >= 0.6 is 24.0 Å². The zero-order valence-corrected chi connectivity index (χ0v) is 16.1. The second kappa shape index (κ2) is 8.31. The second-order valence-corrected chi connectivity index (χ2v) is 6.44. The number of nitrogens with two attached hydrogens (primary N) is 1. The van der Waals surface area contributed by atoms with Crippen molar-refractivity contribution in [1.29, 1.82) is 0 Å². The number of hydrogen-bond acceptors (Lipinski definition) is 2. The predicted molar refractivity (Wildman–Crippen MR) is 104 cm³/mol. The molecule has 4 nitrogen and oxygen atoms in total. The summed E-state index contributed by atoms with van der Waals surface area (Å²) in [5.41, 5.74) is 6.05. The molecule has 1 aromatic carbocycles. The summed E-state index contributed by atoms with van der Waals surface area (Å²) in [5.74, 6) is 0.285.